The van der Waals surface area contributed by atoms with Crippen molar-refractivity contribution in [2.24, 2.45) is 0 Å². The fraction of sp³-hybridized carbons (Fsp3) is 0.571. The zero-order valence-electron chi connectivity index (χ0n) is 10.8. The molecule has 17 heavy (non-hydrogen) atoms. The predicted octanol–water partition coefficient (Wildman–Crippen LogP) is 4.20. The highest BCUT2D eigenvalue weighted by molar-refractivity contribution is 9.09. The fourth-order valence-electron chi connectivity index (χ4n) is 1.62. The first-order valence-electron chi connectivity index (χ1n) is 6.23. The van der Waals surface area contributed by atoms with Crippen molar-refractivity contribution < 1.29 is 9.47 Å². The first-order valence-corrected chi connectivity index (χ1v) is 7.15. The normalized spacial score (nSPS) is 12.2. The van der Waals surface area contributed by atoms with Gasteiger partial charge in [0.05, 0.1) is 13.2 Å². The van der Waals surface area contributed by atoms with E-state index in [0.29, 0.717) is 18.0 Å². The first kappa shape index (κ1) is 14.4. The molecule has 0 aliphatic carbocycles. The standard InChI is InChI=1S/C14H21BrO2/c1-4-12(15)9-11-7-8-13(16-5-2)14(10-11)17-6-3/h7-8,10,12H,4-6,9H2,1-3H3. The third-order valence-corrected chi connectivity index (χ3v) is 3.48. The van der Waals surface area contributed by atoms with Gasteiger partial charge in [-0.05, 0) is 44.4 Å². The van der Waals surface area contributed by atoms with E-state index in [1.807, 2.05) is 19.9 Å². The molecule has 0 N–H and O–H groups in total. The molecule has 0 radical (unpaired) electrons. The minimum atomic E-state index is 0.523. The quantitative estimate of drug-likeness (QED) is 0.703. The topological polar surface area (TPSA) is 18.5 Å². The molecule has 0 aliphatic rings. The van der Waals surface area contributed by atoms with Gasteiger partial charge in [-0.1, -0.05) is 28.9 Å². The Hall–Kier alpha value is -0.700. The SMILES string of the molecule is CCOc1ccc(CC(Br)CC)cc1OCC. The molecule has 96 valence electrons. The van der Waals surface area contributed by atoms with E-state index in [4.69, 9.17) is 9.47 Å². The second kappa shape index (κ2) is 7.59. The molecule has 1 unspecified atom stereocenters. The summed E-state index contributed by atoms with van der Waals surface area (Å²) < 4.78 is 11.1. The number of alkyl halides is 1. The molecule has 0 amide bonds. The van der Waals surface area contributed by atoms with Crippen LogP contribution in [-0.4, -0.2) is 18.0 Å². The van der Waals surface area contributed by atoms with Gasteiger partial charge in [0.2, 0.25) is 0 Å². The molecule has 0 spiro atoms. The molecule has 2 nitrogen and oxygen atoms in total. The van der Waals surface area contributed by atoms with Crippen molar-refractivity contribution in [2.45, 2.75) is 38.4 Å². The summed E-state index contributed by atoms with van der Waals surface area (Å²) >= 11 is 3.65. The maximum absolute atomic E-state index is 5.61. The van der Waals surface area contributed by atoms with E-state index in [0.717, 1.165) is 24.3 Å². The van der Waals surface area contributed by atoms with Gasteiger partial charge in [0, 0.05) is 4.83 Å². The molecule has 0 saturated carbocycles. The van der Waals surface area contributed by atoms with E-state index in [1.54, 1.807) is 0 Å². The lowest BCUT2D eigenvalue weighted by Gasteiger charge is -2.13. The van der Waals surface area contributed by atoms with Crippen LogP contribution in [0, 0.1) is 0 Å². The van der Waals surface area contributed by atoms with Gasteiger partial charge in [-0.3, -0.25) is 0 Å². The van der Waals surface area contributed by atoms with E-state index in [9.17, 15) is 0 Å². The lowest BCUT2D eigenvalue weighted by atomic mass is 10.1. The van der Waals surface area contributed by atoms with Crippen molar-refractivity contribution in [3.63, 3.8) is 0 Å². The summed E-state index contributed by atoms with van der Waals surface area (Å²) in [5.41, 5.74) is 1.28. The van der Waals surface area contributed by atoms with Gasteiger partial charge in [-0.25, -0.2) is 0 Å². The molecule has 3 heteroatoms. The average molecular weight is 301 g/mol. The second-order valence-corrected chi connectivity index (χ2v) is 5.15. The van der Waals surface area contributed by atoms with Crippen LogP contribution in [0.2, 0.25) is 0 Å². The Labute approximate surface area is 112 Å². The molecule has 0 aliphatic heterocycles. The van der Waals surface area contributed by atoms with Crippen LogP contribution in [0.15, 0.2) is 18.2 Å². The van der Waals surface area contributed by atoms with Gasteiger partial charge in [0.25, 0.3) is 0 Å². The fourth-order valence-corrected chi connectivity index (χ4v) is 2.00. The Bertz CT molecular complexity index is 339. The average Bonchev–Trinajstić information content (AvgIpc) is 2.33. The number of halogens is 1. The molecular weight excluding hydrogens is 280 g/mol. The minimum Gasteiger partial charge on any atom is -0.490 e. The summed E-state index contributed by atoms with van der Waals surface area (Å²) in [6.45, 7) is 7.47. The van der Waals surface area contributed by atoms with Crippen molar-refractivity contribution in [2.75, 3.05) is 13.2 Å². The molecule has 1 aromatic carbocycles. The van der Waals surface area contributed by atoms with Crippen molar-refractivity contribution in [1.82, 2.24) is 0 Å². The summed E-state index contributed by atoms with van der Waals surface area (Å²) in [7, 11) is 0. The summed E-state index contributed by atoms with van der Waals surface area (Å²) in [4.78, 5) is 0.523. The predicted molar refractivity (Wildman–Crippen MR) is 75.5 cm³/mol. The van der Waals surface area contributed by atoms with Crippen LogP contribution in [0.5, 0.6) is 11.5 Å². The molecule has 0 heterocycles. The van der Waals surface area contributed by atoms with Gasteiger partial charge in [-0.15, -0.1) is 0 Å². The monoisotopic (exact) mass is 300 g/mol. The molecule has 1 atom stereocenters. The van der Waals surface area contributed by atoms with Gasteiger partial charge >= 0.3 is 0 Å². The van der Waals surface area contributed by atoms with Gasteiger partial charge < -0.3 is 9.47 Å². The Kier molecular flexibility index (Phi) is 6.41. The lowest BCUT2D eigenvalue weighted by Crippen LogP contribution is -2.03. The molecule has 1 rings (SSSR count). The largest absolute Gasteiger partial charge is 0.490 e. The van der Waals surface area contributed by atoms with Crippen LogP contribution in [0.3, 0.4) is 0 Å². The Morgan fingerprint density at radius 1 is 1.06 bits per heavy atom. The van der Waals surface area contributed by atoms with Crippen LogP contribution in [0.4, 0.5) is 0 Å². The number of hydrogen-bond donors (Lipinski definition) is 0. The number of ether oxygens (including phenoxy) is 2. The highest BCUT2D eigenvalue weighted by Crippen LogP contribution is 2.29. The van der Waals surface area contributed by atoms with Crippen LogP contribution < -0.4 is 9.47 Å². The van der Waals surface area contributed by atoms with Gasteiger partial charge in [0.15, 0.2) is 11.5 Å². The summed E-state index contributed by atoms with van der Waals surface area (Å²) in [6, 6.07) is 6.19. The maximum Gasteiger partial charge on any atom is 0.161 e. The van der Waals surface area contributed by atoms with E-state index in [-0.39, 0.29) is 0 Å². The molecule has 0 saturated heterocycles. The highest BCUT2D eigenvalue weighted by Gasteiger charge is 2.08. The molecule has 0 bridgehead atoms. The van der Waals surface area contributed by atoms with E-state index in [1.165, 1.54) is 5.56 Å². The third kappa shape index (κ3) is 4.58. The first-order chi connectivity index (χ1) is 8.21. The maximum atomic E-state index is 5.61. The Morgan fingerprint density at radius 3 is 2.29 bits per heavy atom. The minimum absolute atomic E-state index is 0.523. The van der Waals surface area contributed by atoms with E-state index >= 15 is 0 Å². The van der Waals surface area contributed by atoms with Gasteiger partial charge in [0.1, 0.15) is 0 Å². The number of rotatable bonds is 7. The van der Waals surface area contributed by atoms with Crippen molar-refractivity contribution >= 4 is 15.9 Å². The van der Waals surface area contributed by atoms with Crippen molar-refractivity contribution in [1.29, 1.82) is 0 Å². The van der Waals surface area contributed by atoms with Crippen molar-refractivity contribution in [3.8, 4) is 11.5 Å². The second-order valence-electron chi connectivity index (χ2n) is 3.86. The molecule has 1 aromatic rings. The number of benzene rings is 1. The highest BCUT2D eigenvalue weighted by atomic mass is 79.9. The lowest BCUT2D eigenvalue weighted by molar-refractivity contribution is 0.287. The summed E-state index contributed by atoms with van der Waals surface area (Å²) in [6.07, 6.45) is 2.14. The molecular formula is C14H21BrO2. The molecule has 0 fully saturated rings. The van der Waals surface area contributed by atoms with E-state index in [2.05, 4.69) is 35.0 Å². The molecule has 0 aromatic heterocycles. The Morgan fingerprint density at radius 2 is 1.71 bits per heavy atom. The van der Waals surface area contributed by atoms with E-state index < -0.39 is 0 Å². The summed E-state index contributed by atoms with van der Waals surface area (Å²) in [5.74, 6) is 1.68. The Balaban J connectivity index is 2.84. The number of hydrogen-bond acceptors (Lipinski definition) is 2. The zero-order chi connectivity index (χ0) is 12.7. The van der Waals surface area contributed by atoms with Crippen LogP contribution >= 0.6 is 15.9 Å². The zero-order valence-corrected chi connectivity index (χ0v) is 12.4. The van der Waals surface area contributed by atoms with Gasteiger partial charge in [-0.2, -0.15) is 0 Å². The van der Waals surface area contributed by atoms with Crippen LogP contribution in [-0.2, 0) is 6.42 Å². The third-order valence-electron chi connectivity index (χ3n) is 2.51. The van der Waals surface area contributed by atoms with Crippen LogP contribution in [0.25, 0.3) is 0 Å². The summed E-state index contributed by atoms with van der Waals surface area (Å²) in [5, 5.41) is 0. The van der Waals surface area contributed by atoms with Crippen molar-refractivity contribution in [3.05, 3.63) is 23.8 Å². The van der Waals surface area contributed by atoms with Crippen LogP contribution in [0.1, 0.15) is 32.8 Å². The smallest absolute Gasteiger partial charge is 0.161 e.